The van der Waals surface area contributed by atoms with Crippen molar-refractivity contribution in [3.63, 3.8) is 0 Å². The fraction of sp³-hybridized carbons (Fsp3) is 0.250. The fourth-order valence-corrected chi connectivity index (χ4v) is 3.00. The first-order chi connectivity index (χ1) is 9.24. The van der Waals surface area contributed by atoms with E-state index in [4.69, 9.17) is 23.2 Å². The molecule has 19 heavy (non-hydrogen) atoms. The molecule has 0 saturated heterocycles. The highest BCUT2D eigenvalue weighted by Gasteiger charge is 2.19. The maximum Gasteiger partial charge on any atom is 0.0595 e. The summed E-state index contributed by atoms with van der Waals surface area (Å²) >= 11 is 12.0. The standard InChI is InChI=1S/C16H15Cl2N/c17-14-6-5-11(9-15(14)18)10-16-13-4-2-1-3-12(13)7-8-19-16/h1-6,9,16,19H,7-8,10H2. The number of rotatable bonds is 2. The molecule has 0 radical (unpaired) electrons. The predicted molar refractivity (Wildman–Crippen MR) is 81.1 cm³/mol. The van der Waals surface area contributed by atoms with Gasteiger partial charge >= 0.3 is 0 Å². The number of halogens is 2. The number of hydrogen-bond acceptors (Lipinski definition) is 1. The maximum absolute atomic E-state index is 6.08. The summed E-state index contributed by atoms with van der Waals surface area (Å²) in [5.74, 6) is 0. The van der Waals surface area contributed by atoms with E-state index in [0.717, 1.165) is 19.4 Å². The van der Waals surface area contributed by atoms with Crippen LogP contribution in [0.25, 0.3) is 0 Å². The fourth-order valence-electron chi connectivity index (χ4n) is 2.68. The van der Waals surface area contributed by atoms with Crippen molar-refractivity contribution in [1.29, 1.82) is 0 Å². The Morgan fingerprint density at radius 3 is 2.74 bits per heavy atom. The van der Waals surface area contributed by atoms with Gasteiger partial charge in [-0.25, -0.2) is 0 Å². The molecule has 0 amide bonds. The van der Waals surface area contributed by atoms with Crippen molar-refractivity contribution in [2.45, 2.75) is 18.9 Å². The average Bonchev–Trinajstić information content (AvgIpc) is 2.43. The molecule has 1 nitrogen and oxygen atoms in total. The predicted octanol–water partition coefficient (Wildman–Crippen LogP) is 4.42. The van der Waals surface area contributed by atoms with Crippen molar-refractivity contribution in [3.05, 3.63) is 69.2 Å². The van der Waals surface area contributed by atoms with Gasteiger partial charge in [-0.3, -0.25) is 0 Å². The van der Waals surface area contributed by atoms with E-state index in [9.17, 15) is 0 Å². The van der Waals surface area contributed by atoms with E-state index in [-0.39, 0.29) is 0 Å². The van der Waals surface area contributed by atoms with E-state index in [1.165, 1.54) is 16.7 Å². The summed E-state index contributed by atoms with van der Waals surface area (Å²) in [6.07, 6.45) is 2.04. The monoisotopic (exact) mass is 291 g/mol. The molecular weight excluding hydrogens is 277 g/mol. The Kier molecular flexibility index (Phi) is 3.79. The molecule has 1 heterocycles. The van der Waals surface area contributed by atoms with Gasteiger partial charge in [0.1, 0.15) is 0 Å². The Morgan fingerprint density at radius 2 is 1.89 bits per heavy atom. The molecule has 0 fully saturated rings. The third kappa shape index (κ3) is 2.79. The van der Waals surface area contributed by atoms with Gasteiger partial charge in [-0.05, 0) is 48.2 Å². The van der Waals surface area contributed by atoms with Crippen molar-refractivity contribution in [2.24, 2.45) is 0 Å². The molecule has 1 aliphatic heterocycles. The van der Waals surface area contributed by atoms with Crippen LogP contribution < -0.4 is 5.32 Å². The largest absolute Gasteiger partial charge is 0.309 e. The smallest absolute Gasteiger partial charge is 0.0595 e. The molecule has 0 aliphatic carbocycles. The number of nitrogens with one attached hydrogen (secondary N) is 1. The second-order valence-electron chi connectivity index (χ2n) is 4.91. The molecule has 98 valence electrons. The summed E-state index contributed by atoms with van der Waals surface area (Å²) in [5.41, 5.74) is 4.06. The lowest BCUT2D eigenvalue weighted by Gasteiger charge is -2.27. The number of benzene rings is 2. The SMILES string of the molecule is Clc1ccc(CC2NCCc3ccccc32)cc1Cl. The Labute approximate surface area is 123 Å². The van der Waals surface area contributed by atoms with Crippen molar-refractivity contribution in [1.82, 2.24) is 5.32 Å². The zero-order chi connectivity index (χ0) is 13.2. The molecule has 3 rings (SSSR count). The molecule has 3 heteroatoms. The first-order valence-corrected chi connectivity index (χ1v) is 7.25. The van der Waals surface area contributed by atoms with Crippen LogP contribution in [0.15, 0.2) is 42.5 Å². The highest BCUT2D eigenvalue weighted by molar-refractivity contribution is 6.42. The number of fused-ring (bicyclic) bond motifs is 1. The van der Waals surface area contributed by atoms with E-state index in [1.54, 1.807) is 0 Å². The van der Waals surface area contributed by atoms with E-state index in [0.29, 0.717) is 16.1 Å². The molecule has 1 N–H and O–H groups in total. The Hall–Kier alpha value is -1.02. The minimum Gasteiger partial charge on any atom is -0.309 e. The summed E-state index contributed by atoms with van der Waals surface area (Å²) in [5, 5.41) is 4.82. The summed E-state index contributed by atoms with van der Waals surface area (Å²) in [6, 6.07) is 14.9. The maximum atomic E-state index is 6.08. The normalized spacial score (nSPS) is 18.1. The lowest BCUT2D eigenvalue weighted by molar-refractivity contribution is 0.502. The first-order valence-electron chi connectivity index (χ1n) is 6.49. The van der Waals surface area contributed by atoms with Gasteiger partial charge in [0, 0.05) is 6.04 Å². The van der Waals surface area contributed by atoms with Crippen LogP contribution in [0.5, 0.6) is 0 Å². The second kappa shape index (κ2) is 5.54. The van der Waals surface area contributed by atoms with Crippen molar-refractivity contribution in [2.75, 3.05) is 6.54 Å². The molecule has 2 aromatic rings. The minimum absolute atomic E-state index is 0.363. The summed E-state index contributed by atoms with van der Waals surface area (Å²) < 4.78 is 0. The highest BCUT2D eigenvalue weighted by atomic mass is 35.5. The van der Waals surface area contributed by atoms with Crippen LogP contribution in [0.4, 0.5) is 0 Å². The third-order valence-electron chi connectivity index (χ3n) is 3.64. The zero-order valence-corrected chi connectivity index (χ0v) is 12.0. The summed E-state index contributed by atoms with van der Waals surface area (Å²) in [6.45, 7) is 1.03. The molecule has 1 atom stereocenters. The van der Waals surface area contributed by atoms with Gasteiger partial charge in [0.25, 0.3) is 0 Å². The van der Waals surface area contributed by atoms with E-state index >= 15 is 0 Å². The van der Waals surface area contributed by atoms with Crippen molar-refractivity contribution < 1.29 is 0 Å². The van der Waals surface area contributed by atoms with Gasteiger partial charge in [0.05, 0.1) is 10.0 Å². The molecule has 1 aliphatic rings. The van der Waals surface area contributed by atoms with Gasteiger partial charge in [0.15, 0.2) is 0 Å². The lowest BCUT2D eigenvalue weighted by atomic mass is 9.90. The van der Waals surface area contributed by atoms with Crippen LogP contribution in [-0.2, 0) is 12.8 Å². The van der Waals surface area contributed by atoms with Gasteiger partial charge in [-0.2, -0.15) is 0 Å². The van der Waals surface area contributed by atoms with Crippen LogP contribution in [-0.4, -0.2) is 6.54 Å². The quantitative estimate of drug-likeness (QED) is 0.863. The van der Waals surface area contributed by atoms with Crippen LogP contribution >= 0.6 is 23.2 Å². The number of hydrogen-bond donors (Lipinski definition) is 1. The molecule has 0 saturated carbocycles. The molecule has 0 spiro atoms. The van der Waals surface area contributed by atoms with Crippen LogP contribution in [0.3, 0.4) is 0 Å². The third-order valence-corrected chi connectivity index (χ3v) is 4.38. The van der Waals surface area contributed by atoms with E-state index in [2.05, 4.69) is 29.6 Å². The minimum atomic E-state index is 0.363. The first kappa shape index (κ1) is 13.0. The van der Waals surface area contributed by atoms with Crippen LogP contribution in [0.2, 0.25) is 10.0 Å². The van der Waals surface area contributed by atoms with Gasteiger partial charge < -0.3 is 5.32 Å². The van der Waals surface area contributed by atoms with Gasteiger partial charge in [0.2, 0.25) is 0 Å². The lowest BCUT2D eigenvalue weighted by Crippen LogP contribution is -2.31. The highest BCUT2D eigenvalue weighted by Crippen LogP contribution is 2.28. The van der Waals surface area contributed by atoms with Crippen LogP contribution in [0, 0.1) is 0 Å². The second-order valence-corrected chi connectivity index (χ2v) is 5.72. The Bertz CT molecular complexity index is 595. The Balaban J connectivity index is 1.86. The average molecular weight is 292 g/mol. The molecule has 0 aromatic heterocycles. The van der Waals surface area contributed by atoms with Crippen molar-refractivity contribution in [3.8, 4) is 0 Å². The van der Waals surface area contributed by atoms with Gasteiger partial charge in [-0.1, -0.05) is 53.5 Å². The van der Waals surface area contributed by atoms with Crippen LogP contribution in [0.1, 0.15) is 22.7 Å². The topological polar surface area (TPSA) is 12.0 Å². The summed E-state index contributed by atoms with van der Waals surface area (Å²) in [7, 11) is 0. The summed E-state index contributed by atoms with van der Waals surface area (Å²) in [4.78, 5) is 0. The van der Waals surface area contributed by atoms with E-state index < -0.39 is 0 Å². The molecule has 1 unspecified atom stereocenters. The van der Waals surface area contributed by atoms with Gasteiger partial charge in [-0.15, -0.1) is 0 Å². The van der Waals surface area contributed by atoms with Crippen molar-refractivity contribution >= 4 is 23.2 Å². The van der Waals surface area contributed by atoms with E-state index in [1.807, 2.05) is 18.2 Å². The molecule has 0 bridgehead atoms. The Morgan fingerprint density at radius 1 is 1.05 bits per heavy atom. The molecular formula is C16H15Cl2N. The molecule has 2 aromatic carbocycles. The zero-order valence-electron chi connectivity index (χ0n) is 10.5.